The molecule has 0 radical (unpaired) electrons. The predicted molar refractivity (Wildman–Crippen MR) is 139 cm³/mol. The quantitative estimate of drug-likeness (QED) is 0.335. The summed E-state index contributed by atoms with van der Waals surface area (Å²) in [6, 6.07) is 14.5. The Morgan fingerprint density at radius 1 is 1.05 bits per heavy atom. The highest BCUT2D eigenvalue weighted by atomic mass is 35.5. The minimum atomic E-state index is -4.70. The monoisotopic (exact) mass is 580 g/mol. The molecule has 0 bridgehead atoms. The third kappa shape index (κ3) is 4.94. The highest BCUT2D eigenvalue weighted by Crippen LogP contribution is 2.38. The number of carboxylic acids is 1. The number of alkyl halides is 3. The number of aromatic nitrogens is 3. The van der Waals surface area contributed by atoms with E-state index in [4.69, 9.17) is 11.6 Å². The zero-order valence-corrected chi connectivity index (χ0v) is 21.9. The van der Waals surface area contributed by atoms with Gasteiger partial charge in [0.25, 0.3) is 5.56 Å². The molecule has 14 heteroatoms. The largest absolute Gasteiger partial charge is 0.478 e. The number of sulfonamides is 1. The number of anilines is 1. The molecular formula is C25H20ClF3N4O5S. The van der Waals surface area contributed by atoms with Crippen LogP contribution in [-0.2, 0) is 26.7 Å². The molecule has 4 rings (SSSR count). The van der Waals surface area contributed by atoms with Gasteiger partial charge in [-0.05, 0) is 47.5 Å². The average Bonchev–Trinajstić information content (AvgIpc) is 2.87. The van der Waals surface area contributed by atoms with Crippen LogP contribution < -0.4 is 9.86 Å². The van der Waals surface area contributed by atoms with Gasteiger partial charge in [-0.1, -0.05) is 54.1 Å². The van der Waals surface area contributed by atoms with E-state index in [1.54, 1.807) is 6.07 Å². The van der Waals surface area contributed by atoms with Gasteiger partial charge in [-0.25, -0.2) is 17.5 Å². The predicted octanol–water partition coefficient (Wildman–Crippen LogP) is 4.74. The summed E-state index contributed by atoms with van der Waals surface area (Å²) in [4.78, 5) is 26.2. The molecule has 0 spiro atoms. The molecule has 0 aliphatic carbocycles. The summed E-state index contributed by atoms with van der Waals surface area (Å²) in [7, 11) is -4.40. The summed E-state index contributed by atoms with van der Waals surface area (Å²) in [5.74, 6) is -1.70. The number of carbonyl (C=O) groups is 1. The second-order valence-corrected chi connectivity index (χ2v) is 10.8. The Hall–Kier alpha value is -3.97. The fourth-order valence-corrected chi connectivity index (χ4v) is 5.89. The van der Waals surface area contributed by atoms with Gasteiger partial charge in [0.2, 0.25) is 15.7 Å². The molecule has 3 aromatic carbocycles. The highest BCUT2D eigenvalue weighted by molar-refractivity contribution is 7.92. The van der Waals surface area contributed by atoms with Crippen molar-refractivity contribution in [3.05, 3.63) is 87.7 Å². The Bertz CT molecular complexity index is 1740. The smallest absolute Gasteiger partial charge is 0.417 e. The first-order valence-electron chi connectivity index (χ1n) is 11.3. The second-order valence-electron chi connectivity index (χ2n) is 8.57. The molecule has 9 nitrogen and oxygen atoms in total. The van der Waals surface area contributed by atoms with Crippen molar-refractivity contribution in [3.8, 4) is 11.1 Å². The summed E-state index contributed by atoms with van der Waals surface area (Å²) in [6.07, 6.45) is -4.37. The Kier molecular flexibility index (Phi) is 7.17. The van der Waals surface area contributed by atoms with Gasteiger partial charge in [0.15, 0.2) is 0 Å². The number of carboxylic acid groups (broad SMARTS) is 1. The van der Waals surface area contributed by atoms with Gasteiger partial charge < -0.3 is 5.11 Å². The van der Waals surface area contributed by atoms with E-state index < -0.39 is 50.4 Å². The zero-order chi connectivity index (χ0) is 28.8. The summed E-state index contributed by atoms with van der Waals surface area (Å²) in [5.41, 5.74) is -4.06. The fourth-order valence-electron chi connectivity index (χ4n) is 4.33. The lowest BCUT2D eigenvalue weighted by Gasteiger charge is -2.39. The van der Waals surface area contributed by atoms with Gasteiger partial charge in [0, 0.05) is 6.42 Å². The lowest BCUT2D eigenvalue weighted by molar-refractivity contribution is -0.148. The van der Waals surface area contributed by atoms with Crippen molar-refractivity contribution in [2.75, 3.05) is 10.6 Å². The molecule has 1 N–H and O–H groups in total. The van der Waals surface area contributed by atoms with E-state index in [1.807, 2.05) is 0 Å². The molecule has 0 aliphatic rings. The summed E-state index contributed by atoms with van der Waals surface area (Å²) in [5, 5.41) is 17.6. The Labute approximate surface area is 225 Å². The molecule has 1 heterocycles. The number of aliphatic carboxylic acids is 1. The molecule has 0 saturated heterocycles. The van der Waals surface area contributed by atoms with Crippen molar-refractivity contribution < 1.29 is 31.5 Å². The molecule has 0 aliphatic heterocycles. The van der Waals surface area contributed by atoms with Crippen molar-refractivity contribution in [3.63, 3.8) is 0 Å². The molecule has 204 valence electrons. The summed E-state index contributed by atoms with van der Waals surface area (Å²) >= 11 is 5.70. The minimum Gasteiger partial charge on any atom is -0.478 e. The minimum absolute atomic E-state index is 0.0265. The van der Waals surface area contributed by atoms with Crippen molar-refractivity contribution >= 4 is 44.2 Å². The third-order valence-corrected chi connectivity index (χ3v) is 7.63. The summed E-state index contributed by atoms with van der Waals surface area (Å²) in [6.45, 7) is 1.37. The molecular weight excluding hydrogens is 561 g/mol. The number of fused-ring (bicyclic) bond motifs is 1. The van der Waals surface area contributed by atoms with Crippen LogP contribution in [0.25, 0.3) is 22.0 Å². The SMILES string of the molecule is CC[C@](C(=O)O)(N(c1ccc(-c2ccc(Cl)c(C(F)(F)F)c2)cc1)S(C)(=O)=O)n1nnc2ccccc2c1=O. The Morgan fingerprint density at radius 3 is 2.23 bits per heavy atom. The van der Waals surface area contributed by atoms with E-state index in [1.165, 1.54) is 55.5 Å². The molecule has 39 heavy (non-hydrogen) atoms. The molecule has 4 aromatic rings. The van der Waals surface area contributed by atoms with Gasteiger partial charge in [0.1, 0.15) is 5.52 Å². The van der Waals surface area contributed by atoms with Crippen LogP contribution in [0.5, 0.6) is 0 Å². The summed E-state index contributed by atoms with van der Waals surface area (Å²) < 4.78 is 67.2. The number of benzene rings is 3. The van der Waals surface area contributed by atoms with Crippen LogP contribution in [0.3, 0.4) is 0 Å². The van der Waals surface area contributed by atoms with E-state index in [0.29, 0.717) is 8.99 Å². The molecule has 0 unspecified atom stereocenters. The van der Waals surface area contributed by atoms with Crippen LogP contribution in [0, 0.1) is 0 Å². The lowest BCUT2D eigenvalue weighted by atomic mass is 10.0. The topological polar surface area (TPSA) is 122 Å². The van der Waals surface area contributed by atoms with Crippen molar-refractivity contribution in [1.82, 2.24) is 15.0 Å². The standard InChI is InChI=1S/C25H20ClF3N4O5S/c1-3-24(23(35)36,32-22(34)18-6-4-5-7-21(18)30-31-32)33(39(2,37)38)17-11-8-15(9-12-17)16-10-13-20(26)19(14-16)25(27,28)29/h4-14H,3H2,1-2H3,(H,35,36)/t24-/m1/s1. The van der Waals surface area contributed by atoms with Gasteiger partial charge in [-0.15, -0.1) is 5.10 Å². The van der Waals surface area contributed by atoms with E-state index in [0.717, 1.165) is 18.4 Å². The van der Waals surface area contributed by atoms with Crippen LogP contribution >= 0.6 is 11.6 Å². The van der Waals surface area contributed by atoms with Crippen molar-refractivity contribution in [2.24, 2.45) is 0 Å². The van der Waals surface area contributed by atoms with Crippen LogP contribution in [0.15, 0.2) is 71.5 Å². The number of nitrogens with zero attached hydrogens (tertiary/aromatic N) is 4. The van der Waals surface area contributed by atoms with Crippen LogP contribution in [0.4, 0.5) is 18.9 Å². The van der Waals surface area contributed by atoms with Crippen LogP contribution in [-0.4, -0.2) is 40.7 Å². The molecule has 1 aromatic heterocycles. The van der Waals surface area contributed by atoms with E-state index in [9.17, 15) is 36.3 Å². The number of halogens is 4. The number of hydrogen-bond acceptors (Lipinski definition) is 6. The first kappa shape index (κ1) is 28.0. The van der Waals surface area contributed by atoms with Crippen LogP contribution in [0.1, 0.15) is 18.9 Å². The Balaban J connectivity index is 1.91. The lowest BCUT2D eigenvalue weighted by Crippen LogP contribution is -2.62. The number of rotatable bonds is 7. The average molecular weight is 581 g/mol. The van der Waals surface area contributed by atoms with Gasteiger partial charge in [0.05, 0.1) is 27.9 Å². The van der Waals surface area contributed by atoms with Gasteiger partial charge in [-0.2, -0.15) is 17.9 Å². The molecule has 1 atom stereocenters. The first-order valence-corrected chi connectivity index (χ1v) is 13.5. The van der Waals surface area contributed by atoms with Crippen LogP contribution in [0.2, 0.25) is 5.02 Å². The zero-order valence-electron chi connectivity index (χ0n) is 20.3. The maximum absolute atomic E-state index is 13.4. The Morgan fingerprint density at radius 2 is 1.67 bits per heavy atom. The fraction of sp³-hybridized carbons (Fsp3) is 0.200. The third-order valence-electron chi connectivity index (χ3n) is 6.13. The van der Waals surface area contributed by atoms with E-state index in [2.05, 4.69) is 10.3 Å². The first-order chi connectivity index (χ1) is 18.2. The van der Waals surface area contributed by atoms with E-state index in [-0.39, 0.29) is 27.7 Å². The van der Waals surface area contributed by atoms with Crippen molar-refractivity contribution in [2.45, 2.75) is 25.2 Å². The molecule has 0 saturated carbocycles. The van der Waals surface area contributed by atoms with Gasteiger partial charge >= 0.3 is 12.1 Å². The molecule has 0 amide bonds. The van der Waals surface area contributed by atoms with Gasteiger partial charge in [-0.3, -0.25) is 4.79 Å². The number of hydrogen-bond donors (Lipinski definition) is 1. The normalized spacial score (nSPS) is 13.7. The highest BCUT2D eigenvalue weighted by Gasteiger charge is 2.51. The molecule has 0 fully saturated rings. The maximum Gasteiger partial charge on any atom is 0.417 e. The maximum atomic E-state index is 13.4. The van der Waals surface area contributed by atoms with Crippen molar-refractivity contribution in [1.29, 1.82) is 0 Å². The second kappa shape index (κ2) is 9.97. The van der Waals surface area contributed by atoms with E-state index >= 15 is 0 Å².